The van der Waals surface area contributed by atoms with E-state index in [1.165, 1.54) is 12.1 Å². The van der Waals surface area contributed by atoms with Crippen LogP contribution in [0.15, 0.2) is 24.3 Å². The molecule has 0 saturated heterocycles. The Morgan fingerprint density at radius 3 is 2.94 bits per heavy atom. The van der Waals surface area contributed by atoms with Crippen molar-refractivity contribution in [3.63, 3.8) is 0 Å². The van der Waals surface area contributed by atoms with Crippen LogP contribution in [-0.4, -0.2) is 19.1 Å². The highest BCUT2D eigenvalue weighted by molar-refractivity contribution is 5.72. The lowest BCUT2D eigenvalue weighted by Crippen LogP contribution is -2.27. The van der Waals surface area contributed by atoms with E-state index >= 15 is 0 Å². The van der Waals surface area contributed by atoms with Crippen LogP contribution in [0.25, 0.3) is 0 Å². The number of rotatable bonds is 6. The zero-order valence-corrected chi connectivity index (χ0v) is 10.2. The number of carbonyl (C=O) groups excluding carboxylic acids is 1. The number of halogens is 1. The minimum absolute atomic E-state index is 0.191. The van der Waals surface area contributed by atoms with Crippen LogP contribution < -0.4 is 5.32 Å². The van der Waals surface area contributed by atoms with Gasteiger partial charge in [-0.25, -0.2) is 4.39 Å². The lowest BCUT2D eigenvalue weighted by atomic mass is 10.1. The first-order valence-electron chi connectivity index (χ1n) is 5.75. The maximum Gasteiger partial charge on any atom is 0.309 e. The maximum absolute atomic E-state index is 12.9. The van der Waals surface area contributed by atoms with E-state index in [1.54, 1.807) is 19.9 Å². The van der Waals surface area contributed by atoms with Gasteiger partial charge in [0.2, 0.25) is 0 Å². The van der Waals surface area contributed by atoms with Crippen molar-refractivity contribution in [2.24, 2.45) is 5.92 Å². The smallest absolute Gasteiger partial charge is 0.309 e. The predicted molar refractivity (Wildman–Crippen MR) is 63.9 cm³/mol. The largest absolute Gasteiger partial charge is 0.466 e. The average molecular weight is 239 g/mol. The molecule has 1 aromatic rings. The van der Waals surface area contributed by atoms with Crippen LogP contribution >= 0.6 is 0 Å². The third-order valence-corrected chi connectivity index (χ3v) is 2.36. The molecule has 0 amide bonds. The predicted octanol–water partition coefficient (Wildman–Crippen LogP) is 2.11. The molecule has 1 atom stereocenters. The van der Waals surface area contributed by atoms with E-state index < -0.39 is 0 Å². The summed E-state index contributed by atoms with van der Waals surface area (Å²) in [5, 5.41) is 3.10. The molecular formula is C13H18FNO2. The van der Waals surface area contributed by atoms with Gasteiger partial charge in [-0.2, -0.15) is 0 Å². The Morgan fingerprint density at radius 1 is 1.53 bits per heavy atom. The molecule has 4 heteroatoms. The molecule has 0 spiro atoms. The number of esters is 1. The van der Waals surface area contributed by atoms with E-state index in [4.69, 9.17) is 4.74 Å². The highest BCUT2D eigenvalue weighted by Crippen LogP contribution is 2.03. The van der Waals surface area contributed by atoms with Gasteiger partial charge in [-0.05, 0) is 24.6 Å². The zero-order chi connectivity index (χ0) is 12.7. The average Bonchev–Trinajstić information content (AvgIpc) is 2.29. The first kappa shape index (κ1) is 13.6. The molecule has 1 rings (SSSR count). The summed E-state index contributed by atoms with van der Waals surface area (Å²) in [6.45, 7) is 5.05. The lowest BCUT2D eigenvalue weighted by molar-refractivity contribution is -0.147. The molecule has 0 saturated carbocycles. The monoisotopic (exact) mass is 239 g/mol. The van der Waals surface area contributed by atoms with Crippen LogP contribution in [0.3, 0.4) is 0 Å². The van der Waals surface area contributed by atoms with Gasteiger partial charge in [0.25, 0.3) is 0 Å². The van der Waals surface area contributed by atoms with E-state index in [2.05, 4.69) is 5.32 Å². The molecule has 0 aromatic heterocycles. The van der Waals surface area contributed by atoms with Gasteiger partial charge >= 0.3 is 5.97 Å². The van der Waals surface area contributed by atoms with Crippen molar-refractivity contribution in [1.82, 2.24) is 5.32 Å². The molecule has 0 aliphatic carbocycles. The van der Waals surface area contributed by atoms with Crippen molar-refractivity contribution < 1.29 is 13.9 Å². The van der Waals surface area contributed by atoms with Crippen molar-refractivity contribution in [3.8, 4) is 0 Å². The summed E-state index contributed by atoms with van der Waals surface area (Å²) in [5.41, 5.74) is 0.862. The van der Waals surface area contributed by atoms with Crippen LogP contribution in [0, 0.1) is 11.7 Å². The zero-order valence-electron chi connectivity index (χ0n) is 10.2. The van der Waals surface area contributed by atoms with E-state index in [9.17, 15) is 9.18 Å². The lowest BCUT2D eigenvalue weighted by Gasteiger charge is -2.11. The molecule has 1 aromatic carbocycles. The fraction of sp³-hybridized carbons (Fsp3) is 0.462. The second-order valence-corrected chi connectivity index (χ2v) is 3.91. The van der Waals surface area contributed by atoms with Crippen molar-refractivity contribution in [2.75, 3.05) is 13.2 Å². The summed E-state index contributed by atoms with van der Waals surface area (Å²) in [6, 6.07) is 6.39. The minimum Gasteiger partial charge on any atom is -0.466 e. The molecule has 0 heterocycles. The minimum atomic E-state index is -0.247. The molecule has 0 radical (unpaired) electrons. The molecule has 94 valence electrons. The summed E-state index contributed by atoms with van der Waals surface area (Å²) in [4.78, 5) is 11.3. The van der Waals surface area contributed by atoms with E-state index in [-0.39, 0.29) is 17.7 Å². The molecule has 1 unspecified atom stereocenters. The van der Waals surface area contributed by atoms with Crippen LogP contribution in [0.1, 0.15) is 19.4 Å². The Balaban J connectivity index is 2.30. The SMILES string of the molecule is CCOC(=O)C(C)CNCc1cccc(F)c1. The quantitative estimate of drug-likeness (QED) is 0.773. The van der Waals surface area contributed by atoms with Gasteiger partial charge in [-0.3, -0.25) is 4.79 Å². The highest BCUT2D eigenvalue weighted by Gasteiger charge is 2.12. The van der Waals surface area contributed by atoms with Gasteiger partial charge in [-0.1, -0.05) is 19.1 Å². The molecule has 0 aliphatic rings. The highest BCUT2D eigenvalue weighted by atomic mass is 19.1. The normalized spacial score (nSPS) is 12.2. The van der Waals surface area contributed by atoms with Gasteiger partial charge < -0.3 is 10.1 Å². The molecule has 0 bridgehead atoms. The van der Waals surface area contributed by atoms with Crippen LogP contribution in [-0.2, 0) is 16.1 Å². The van der Waals surface area contributed by atoms with E-state index in [0.717, 1.165) is 5.56 Å². The first-order valence-corrected chi connectivity index (χ1v) is 5.75. The van der Waals surface area contributed by atoms with Gasteiger partial charge in [-0.15, -0.1) is 0 Å². The fourth-order valence-electron chi connectivity index (χ4n) is 1.45. The van der Waals surface area contributed by atoms with Crippen molar-refractivity contribution >= 4 is 5.97 Å². The van der Waals surface area contributed by atoms with Crippen molar-refractivity contribution in [1.29, 1.82) is 0 Å². The topological polar surface area (TPSA) is 38.3 Å². The van der Waals surface area contributed by atoms with Gasteiger partial charge in [0.15, 0.2) is 0 Å². The molecule has 0 aliphatic heterocycles. The fourth-order valence-corrected chi connectivity index (χ4v) is 1.45. The Labute approximate surface area is 101 Å². The van der Waals surface area contributed by atoms with E-state index in [1.807, 2.05) is 6.07 Å². The van der Waals surface area contributed by atoms with Crippen molar-refractivity contribution in [3.05, 3.63) is 35.6 Å². The van der Waals surface area contributed by atoms with Gasteiger partial charge in [0.1, 0.15) is 5.82 Å². The second kappa shape index (κ2) is 7.01. The third-order valence-electron chi connectivity index (χ3n) is 2.36. The first-order chi connectivity index (χ1) is 8.13. The Hall–Kier alpha value is -1.42. The summed E-state index contributed by atoms with van der Waals surface area (Å²) < 4.78 is 17.8. The molecule has 1 N–H and O–H groups in total. The number of ether oxygens (including phenoxy) is 1. The van der Waals surface area contributed by atoms with Gasteiger partial charge in [0.05, 0.1) is 12.5 Å². The summed E-state index contributed by atoms with van der Waals surface area (Å²) in [6.07, 6.45) is 0. The number of carbonyl (C=O) groups is 1. The Morgan fingerprint density at radius 2 is 2.29 bits per heavy atom. The standard InChI is InChI=1S/C13H18FNO2/c1-3-17-13(16)10(2)8-15-9-11-5-4-6-12(14)7-11/h4-7,10,15H,3,8-9H2,1-2H3. The van der Waals surface area contributed by atoms with Crippen LogP contribution in [0.5, 0.6) is 0 Å². The maximum atomic E-state index is 12.9. The number of hydrogen-bond donors (Lipinski definition) is 1. The van der Waals surface area contributed by atoms with Gasteiger partial charge in [0, 0.05) is 13.1 Å². The van der Waals surface area contributed by atoms with Crippen LogP contribution in [0.2, 0.25) is 0 Å². The van der Waals surface area contributed by atoms with E-state index in [0.29, 0.717) is 19.7 Å². The summed E-state index contributed by atoms with van der Waals surface area (Å²) in [7, 11) is 0. The number of nitrogens with one attached hydrogen (secondary N) is 1. The molecule has 0 fully saturated rings. The second-order valence-electron chi connectivity index (χ2n) is 3.91. The third kappa shape index (κ3) is 4.95. The van der Waals surface area contributed by atoms with Crippen LogP contribution in [0.4, 0.5) is 4.39 Å². The molecule has 17 heavy (non-hydrogen) atoms. The molecular weight excluding hydrogens is 221 g/mol. The summed E-state index contributed by atoms with van der Waals surface area (Å²) >= 11 is 0. The van der Waals surface area contributed by atoms with Crippen molar-refractivity contribution in [2.45, 2.75) is 20.4 Å². The summed E-state index contributed by atoms with van der Waals surface area (Å²) in [5.74, 6) is -0.648. The molecule has 3 nitrogen and oxygen atoms in total. The Kier molecular flexibility index (Phi) is 5.63. The number of benzene rings is 1. The number of hydrogen-bond acceptors (Lipinski definition) is 3. The Bertz CT molecular complexity index is 368.